The predicted molar refractivity (Wildman–Crippen MR) is 79.2 cm³/mol. The van der Waals surface area contributed by atoms with Gasteiger partial charge in [0.15, 0.2) is 0 Å². The molecule has 0 heterocycles. The van der Waals surface area contributed by atoms with Crippen LogP contribution in [0.25, 0.3) is 0 Å². The van der Waals surface area contributed by atoms with E-state index in [0.717, 1.165) is 0 Å². The molecule has 1 fully saturated rings. The van der Waals surface area contributed by atoms with Gasteiger partial charge in [-0.2, -0.15) is 0 Å². The van der Waals surface area contributed by atoms with Crippen molar-refractivity contribution in [2.45, 2.75) is 30.7 Å². The van der Waals surface area contributed by atoms with Gasteiger partial charge in [0, 0.05) is 12.1 Å². The molecular formula is C15H19BrFNO2. The van der Waals surface area contributed by atoms with Crippen LogP contribution in [-0.2, 0) is 9.53 Å². The van der Waals surface area contributed by atoms with Crippen LogP contribution in [0.5, 0.6) is 0 Å². The minimum Gasteiger partial charge on any atom is -0.371 e. The molecule has 110 valence electrons. The fourth-order valence-electron chi connectivity index (χ4n) is 1.87. The molecule has 20 heavy (non-hydrogen) atoms. The molecule has 1 amide bonds. The number of carbonyl (C=O) groups excluding carboxylic acids is 1. The van der Waals surface area contributed by atoms with E-state index in [1.165, 1.54) is 18.9 Å². The second kappa shape index (κ2) is 7.18. The Labute approximate surface area is 127 Å². The molecule has 0 aliphatic heterocycles. The van der Waals surface area contributed by atoms with Crippen LogP contribution in [0.2, 0.25) is 0 Å². The maximum atomic E-state index is 13.9. The Morgan fingerprint density at radius 1 is 1.50 bits per heavy atom. The highest BCUT2D eigenvalue weighted by Crippen LogP contribution is 2.31. The summed E-state index contributed by atoms with van der Waals surface area (Å²) >= 11 is 3.21. The first-order valence-electron chi connectivity index (χ1n) is 6.85. The van der Waals surface area contributed by atoms with Gasteiger partial charge in [-0.15, -0.1) is 0 Å². The molecule has 1 aromatic rings. The molecule has 2 atom stereocenters. The summed E-state index contributed by atoms with van der Waals surface area (Å²) in [6, 6.07) is 6.55. The summed E-state index contributed by atoms with van der Waals surface area (Å²) in [5, 5.41) is 2.77. The van der Waals surface area contributed by atoms with Gasteiger partial charge in [0.1, 0.15) is 11.9 Å². The van der Waals surface area contributed by atoms with Crippen molar-refractivity contribution in [2.75, 3.05) is 13.2 Å². The quantitative estimate of drug-likeness (QED) is 0.772. The van der Waals surface area contributed by atoms with E-state index in [1.807, 2.05) is 0 Å². The third-order valence-corrected chi connectivity index (χ3v) is 3.72. The molecule has 0 saturated heterocycles. The van der Waals surface area contributed by atoms with Gasteiger partial charge >= 0.3 is 0 Å². The van der Waals surface area contributed by atoms with Crippen molar-refractivity contribution >= 4 is 21.8 Å². The molecule has 3 nitrogen and oxygen atoms in total. The van der Waals surface area contributed by atoms with Gasteiger partial charge in [0.25, 0.3) is 0 Å². The van der Waals surface area contributed by atoms with E-state index in [1.54, 1.807) is 25.1 Å². The van der Waals surface area contributed by atoms with E-state index < -0.39 is 6.10 Å². The van der Waals surface area contributed by atoms with Crippen LogP contribution in [0.3, 0.4) is 0 Å². The first kappa shape index (κ1) is 15.4. The zero-order valence-corrected chi connectivity index (χ0v) is 13.0. The van der Waals surface area contributed by atoms with E-state index in [4.69, 9.17) is 4.74 Å². The van der Waals surface area contributed by atoms with Gasteiger partial charge < -0.3 is 10.1 Å². The normalized spacial score (nSPS) is 17.6. The fraction of sp³-hybridized carbons (Fsp3) is 0.533. The maximum Gasteiger partial charge on any atom is 0.233 e. The molecule has 5 heteroatoms. The first-order chi connectivity index (χ1) is 9.58. The predicted octanol–water partition coefficient (Wildman–Crippen LogP) is 3.19. The van der Waals surface area contributed by atoms with E-state index >= 15 is 0 Å². The molecule has 1 aromatic carbocycles. The number of ether oxygens (including phenoxy) is 1. The Balaban J connectivity index is 1.99. The highest BCUT2D eigenvalue weighted by Gasteiger charge is 2.25. The van der Waals surface area contributed by atoms with Crippen LogP contribution in [0.1, 0.15) is 31.4 Å². The number of rotatable bonds is 7. The lowest BCUT2D eigenvalue weighted by Gasteiger charge is -2.20. The van der Waals surface area contributed by atoms with E-state index in [-0.39, 0.29) is 23.1 Å². The van der Waals surface area contributed by atoms with Gasteiger partial charge in [-0.1, -0.05) is 34.1 Å². The van der Waals surface area contributed by atoms with Gasteiger partial charge in [0.2, 0.25) is 5.91 Å². The maximum absolute atomic E-state index is 13.9. The molecule has 0 aromatic heterocycles. The SMILES string of the molecule is C[C@@H](Br)C(=O)NC[C@H](OCC1CC1)c1ccccc1F. The number of alkyl halides is 1. The van der Waals surface area contributed by atoms with Crippen molar-refractivity contribution in [2.24, 2.45) is 5.92 Å². The molecular weight excluding hydrogens is 325 g/mol. The van der Waals surface area contributed by atoms with E-state index in [9.17, 15) is 9.18 Å². The Kier molecular flexibility index (Phi) is 5.54. The van der Waals surface area contributed by atoms with Crippen molar-refractivity contribution in [3.05, 3.63) is 35.6 Å². The highest BCUT2D eigenvalue weighted by atomic mass is 79.9. The second-order valence-corrected chi connectivity index (χ2v) is 6.52. The number of hydrogen-bond acceptors (Lipinski definition) is 2. The third-order valence-electron chi connectivity index (χ3n) is 3.31. The van der Waals surface area contributed by atoms with Crippen molar-refractivity contribution in [1.29, 1.82) is 0 Å². The first-order valence-corrected chi connectivity index (χ1v) is 7.77. The van der Waals surface area contributed by atoms with Crippen LogP contribution in [0.15, 0.2) is 24.3 Å². The van der Waals surface area contributed by atoms with E-state index in [2.05, 4.69) is 21.2 Å². The summed E-state index contributed by atoms with van der Waals surface area (Å²) in [5.74, 6) is 0.172. The monoisotopic (exact) mass is 343 g/mol. The molecule has 0 spiro atoms. The van der Waals surface area contributed by atoms with Crippen LogP contribution in [0.4, 0.5) is 4.39 Å². The Morgan fingerprint density at radius 2 is 2.20 bits per heavy atom. The van der Waals surface area contributed by atoms with Crippen LogP contribution in [0, 0.1) is 11.7 Å². The summed E-state index contributed by atoms with van der Waals surface area (Å²) in [7, 11) is 0. The largest absolute Gasteiger partial charge is 0.371 e. The average Bonchev–Trinajstić information content (AvgIpc) is 3.23. The number of halogens is 2. The van der Waals surface area contributed by atoms with E-state index in [0.29, 0.717) is 18.1 Å². The molecule has 0 bridgehead atoms. The lowest BCUT2D eigenvalue weighted by atomic mass is 10.1. The molecule has 1 N–H and O–H groups in total. The number of nitrogens with one attached hydrogen (secondary N) is 1. The zero-order chi connectivity index (χ0) is 14.5. The summed E-state index contributed by atoms with van der Waals surface area (Å²) in [6.07, 6.45) is 1.91. The summed E-state index contributed by atoms with van der Waals surface area (Å²) in [6.45, 7) is 2.65. The average molecular weight is 344 g/mol. The van der Waals surface area contributed by atoms with Crippen molar-refractivity contribution in [3.8, 4) is 0 Å². The van der Waals surface area contributed by atoms with Gasteiger partial charge in [-0.3, -0.25) is 4.79 Å². The van der Waals surface area contributed by atoms with Gasteiger partial charge in [0.05, 0.1) is 11.4 Å². The highest BCUT2D eigenvalue weighted by molar-refractivity contribution is 9.10. The Bertz CT molecular complexity index is 463. The number of hydrogen-bond donors (Lipinski definition) is 1. The number of amides is 1. The third kappa shape index (κ3) is 4.56. The lowest BCUT2D eigenvalue weighted by Crippen LogP contribution is -2.34. The Hall–Kier alpha value is -0.940. The molecule has 2 rings (SSSR count). The molecule has 1 saturated carbocycles. The molecule has 0 radical (unpaired) electrons. The van der Waals surface area contributed by atoms with Crippen LogP contribution in [-0.4, -0.2) is 23.9 Å². The lowest BCUT2D eigenvalue weighted by molar-refractivity contribution is -0.120. The van der Waals surface area contributed by atoms with Crippen molar-refractivity contribution < 1.29 is 13.9 Å². The van der Waals surface area contributed by atoms with Crippen molar-refractivity contribution in [3.63, 3.8) is 0 Å². The minimum absolute atomic E-state index is 0.124. The number of carbonyl (C=O) groups is 1. The van der Waals surface area contributed by atoms with Crippen LogP contribution >= 0.6 is 15.9 Å². The summed E-state index contributed by atoms with van der Waals surface area (Å²) in [4.78, 5) is 11.3. The Morgan fingerprint density at radius 3 is 2.80 bits per heavy atom. The molecule has 0 unspecified atom stereocenters. The minimum atomic E-state index is -0.438. The smallest absolute Gasteiger partial charge is 0.233 e. The van der Waals surface area contributed by atoms with Gasteiger partial charge in [-0.25, -0.2) is 4.39 Å². The number of benzene rings is 1. The second-order valence-electron chi connectivity index (χ2n) is 5.15. The molecule has 1 aliphatic rings. The van der Waals surface area contributed by atoms with Crippen LogP contribution < -0.4 is 5.32 Å². The summed E-state index contributed by atoms with van der Waals surface area (Å²) in [5.41, 5.74) is 0.496. The van der Waals surface area contributed by atoms with Crippen molar-refractivity contribution in [1.82, 2.24) is 5.32 Å². The standard InChI is InChI=1S/C15H19BrFNO2/c1-10(16)15(19)18-8-14(20-9-11-6-7-11)12-4-2-3-5-13(12)17/h2-5,10-11,14H,6-9H2,1H3,(H,18,19)/t10-,14+/m1/s1. The fourth-order valence-corrected chi connectivity index (χ4v) is 2.03. The molecule has 1 aliphatic carbocycles. The summed E-state index contributed by atoms with van der Waals surface area (Å²) < 4.78 is 19.7. The van der Waals surface area contributed by atoms with Gasteiger partial charge in [-0.05, 0) is 31.7 Å². The topological polar surface area (TPSA) is 38.3 Å². The zero-order valence-electron chi connectivity index (χ0n) is 11.4.